The molecule has 1 aromatic heterocycles. The minimum atomic E-state index is -0.199. The van der Waals surface area contributed by atoms with E-state index in [0.717, 1.165) is 65.3 Å². The lowest BCUT2D eigenvalue weighted by Gasteiger charge is -2.45. The zero-order chi connectivity index (χ0) is 24.4. The monoisotopic (exact) mass is 480 g/mol. The number of amides is 2. The van der Waals surface area contributed by atoms with Crippen molar-refractivity contribution in [3.05, 3.63) is 41.6 Å². The molecule has 188 valence electrons. The second-order valence-electron chi connectivity index (χ2n) is 10.1. The molecule has 4 heterocycles. The zero-order valence-corrected chi connectivity index (χ0v) is 20.8. The highest BCUT2D eigenvalue weighted by molar-refractivity contribution is 5.88. The number of carbonyl (C=O) groups is 2. The fourth-order valence-corrected chi connectivity index (χ4v) is 5.94. The van der Waals surface area contributed by atoms with E-state index in [1.165, 1.54) is 41.3 Å². The average Bonchev–Trinajstić information content (AvgIpc) is 3.47. The molecule has 35 heavy (non-hydrogen) atoms. The number of benzene rings is 1. The zero-order valence-electron chi connectivity index (χ0n) is 20.8. The SMILES string of the molecule is CC(=O)Nc1ccn(C(=O)N2CCC3(CCCN3Cc3ccc(N4CCOCC4)c(C)c3)CC2)n1. The summed E-state index contributed by atoms with van der Waals surface area (Å²) in [7, 11) is 0. The molecule has 0 saturated carbocycles. The van der Waals surface area contributed by atoms with Gasteiger partial charge in [0.05, 0.1) is 13.2 Å². The lowest BCUT2D eigenvalue weighted by Crippen LogP contribution is -2.53. The molecule has 2 aromatic rings. The first-order valence-electron chi connectivity index (χ1n) is 12.7. The topological polar surface area (TPSA) is 82.9 Å². The van der Waals surface area contributed by atoms with Crippen LogP contribution in [0.1, 0.15) is 43.7 Å². The second-order valence-corrected chi connectivity index (χ2v) is 10.1. The fraction of sp³-hybridized carbons (Fsp3) is 0.577. The van der Waals surface area contributed by atoms with Gasteiger partial charge in [0.25, 0.3) is 0 Å². The van der Waals surface area contributed by atoms with Crippen molar-refractivity contribution in [1.29, 1.82) is 0 Å². The maximum absolute atomic E-state index is 13.0. The summed E-state index contributed by atoms with van der Waals surface area (Å²) in [6.07, 6.45) is 5.96. The summed E-state index contributed by atoms with van der Waals surface area (Å²) in [6.45, 7) is 10.7. The standard InChI is InChI=1S/C26H36N6O3/c1-20-18-22(4-5-23(20)29-14-16-35-17-15-29)19-31-10-3-7-26(31)8-12-30(13-9-26)25(34)32-11-6-24(28-32)27-21(2)33/h4-6,11,18H,3,7-10,12-17,19H2,1-2H3,(H,27,28,33). The molecule has 0 aliphatic carbocycles. The van der Waals surface area contributed by atoms with E-state index in [9.17, 15) is 9.59 Å². The third kappa shape index (κ3) is 5.06. The summed E-state index contributed by atoms with van der Waals surface area (Å²) in [6, 6.07) is 8.43. The van der Waals surface area contributed by atoms with Crippen molar-refractivity contribution in [1.82, 2.24) is 19.6 Å². The summed E-state index contributed by atoms with van der Waals surface area (Å²) < 4.78 is 6.83. The van der Waals surface area contributed by atoms with E-state index in [2.05, 4.69) is 45.3 Å². The minimum Gasteiger partial charge on any atom is -0.378 e. The second kappa shape index (κ2) is 9.99. The Morgan fingerprint density at radius 1 is 1.06 bits per heavy atom. The predicted octanol–water partition coefficient (Wildman–Crippen LogP) is 3.09. The van der Waals surface area contributed by atoms with Crippen LogP contribution in [0, 0.1) is 6.92 Å². The van der Waals surface area contributed by atoms with Crippen molar-refractivity contribution < 1.29 is 14.3 Å². The van der Waals surface area contributed by atoms with Crippen LogP contribution in [0.2, 0.25) is 0 Å². The Balaban J connectivity index is 1.21. The molecule has 0 radical (unpaired) electrons. The number of piperidine rings is 1. The third-order valence-corrected chi connectivity index (χ3v) is 7.78. The van der Waals surface area contributed by atoms with E-state index in [0.29, 0.717) is 5.82 Å². The number of aromatic nitrogens is 2. The van der Waals surface area contributed by atoms with Crippen LogP contribution in [0.25, 0.3) is 0 Å². The number of likely N-dealkylation sites (tertiary alicyclic amines) is 2. The Morgan fingerprint density at radius 3 is 2.54 bits per heavy atom. The van der Waals surface area contributed by atoms with Crippen molar-refractivity contribution in [2.24, 2.45) is 0 Å². The van der Waals surface area contributed by atoms with E-state index in [1.807, 2.05) is 4.90 Å². The van der Waals surface area contributed by atoms with Crippen LogP contribution in [-0.2, 0) is 16.1 Å². The molecule has 1 N–H and O–H groups in total. The van der Waals surface area contributed by atoms with Crippen LogP contribution in [0.3, 0.4) is 0 Å². The molecule has 3 aliphatic rings. The molecule has 1 spiro atoms. The van der Waals surface area contributed by atoms with Gasteiger partial charge in [-0.15, -0.1) is 5.10 Å². The van der Waals surface area contributed by atoms with Gasteiger partial charge in [0.15, 0.2) is 5.82 Å². The molecule has 0 unspecified atom stereocenters. The van der Waals surface area contributed by atoms with E-state index in [-0.39, 0.29) is 17.5 Å². The molecule has 2 amide bonds. The largest absolute Gasteiger partial charge is 0.378 e. The van der Waals surface area contributed by atoms with Gasteiger partial charge in [-0.05, 0) is 56.3 Å². The third-order valence-electron chi connectivity index (χ3n) is 7.78. The molecule has 0 bridgehead atoms. The Labute approximate surface area is 207 Å². The van der Waals surface area contributed by atoms with Crippen LogP contribution in [0.15, 0.2) is 30.5 Å². The predicted molar refractivity (Wildman–Crippen MR) is 135 cm³/mol. The smallest absolute Gasteiger partial charge is 0.344 e. The molecule has 9 heteroatoms. The fourth-order valence-electron chi connectivity index (χ4n) is 5.94. The number of ether oxygens (including phenoxy) is 1. The Hall–Kier alpha value is -2.91. The number of aryl methyl sites for hydroxylation is 1. The Morgan fingerprint density at radius 2 is 1.83 bits per heavy atom. The van der Waals surface area contributed by atoms with Crippen molar-refractivity contribution in [2.45, 2.75) is 51.6 Å². The van der Waals surface area contributed by atoms with Crippen LogP contribution in [0.5, 0.6) is 0 Å². The van der Waals surface area contributed by atoms with E-state index in [4.69, 9.17) is 4.74 Å². The number of morpholine rings is 1. The molecular formula is C26H36N6O3. The summed E-state index contributed by atoms with van der Waals surface area (Å²) in [4.78, 5) is 31.2. The molecule has 3 aliphatic heterocycles. The van der Waals surface area contributed by atoms with Crippen LogP contribution in [0.4, 0.5) is 16.3 Å². The maximum Gasteiger partial charge on any atom is 0.344 e. The van der Waals surface area contributed by atoms with Gasteiger partial charge in [-0.25, -0.2) is 4.79 Å². The van der Waals surface area contributed by atoms with Crippen LogP contribution in [-0.4, -0.2) is 83.0 Å². The van der Waals surface area contributed by atoms with Gasteiger partial charge in [0.1, 0.15) is 0 Å². The average molecular weight is 481 g/mol. The number of rotatable bonds is 4. The van der Waals surface area contributed by atoms with Crippen molar-refractivity contribution in [3.63, 3.8) is 0 Å². The number of nitrogens with one attached hydrogen (secondary N) is 1. The number of hydrogen-bond acceptors (Lipinski definition) is 6. The highest BCUT2D eigenvalue weighted by Gasteiger charge is 2.43. The molecule has 0 atom stereocenters. The lowest BCUT2D eigenvalue weighted by molar-refractivity contribution is -0.114. The van der Waals surface area contributed by atoms with Gasteiger partial charge in [0, 0.05) is 63.1 Å². The van der Waals surface area contributed by atoms with Gasteiger partial charge in [-0.2, -0.15) is 4.68 Å². The van der Waals surface area contributed by atoms with Crippen molar-refractivity contribution in [3.8, 4) is 0 Å². The van der Waals surface area contributed by atoms with Gasteiger partial charge >= 0.3 is 6.03 Å². The highest BCUT2D eigenvalue weighted by Crippen LogP contribution is 2.39. The highest BCUT2D eigenvalue weighted by atomic mass is 16.5. The van der Waals surface area contributed by atoms with E-state index < -0.39 is 0 Å². The molecule has 5 rings (SSSR count). The van der Waals surface area contributed by atoms with E-state index in [1.54, 1.807) is 12.3 Å². The van der Waals surface area contributed by atoms with Crippen LogP contribution >= 0.6 is 0 Å². The first-order chi connectivity index (χ1) is 16.9. The first kappa shape index (κ1) is 23.8. The van der Waals surface area contributed by atoms with E-state index >= 15 is 0 Å². The minimum absolute atomic E-state index is 0.129. The molecule has 3 saturated heterocycles. The summed E-state index contributed by atoms with van der Waals surface area (Å²) >= 11 is 0. The number of nitrogens with zero attached hydrogens (tertiary/aromatic N) is 5. The van der Waals surface area contributed by atoms with Crippen molar-refractivity contribution in [2.75, 3.05) is 56.2 Å². The van der Waals surface area contributed by atoms with Gasteiger partial charge in [0.2, 0.25) is 5.91 Å². The molecule has 3 fully saturated rings. The first-order valence-corrected chi connectivity index (χ1v) is 12.7. The molecular weight excluding hydrogens is 444 g/mol. The summed E-state index contributed by atoms with van der Waals surface area (Å²) in [5.41, 5.74) is 4.18. The Kier molecular flexibility index (Phi) is 6.80. The number of anilines is 2. The normalized spacial score (nSPS) is 20.4. The van der Waals surface area contributed by atoms with Gasteiger partial charge in [-0.3, -0.25) is 9.69 Å². The van der Waals surface area contributed by atoms with Gasteiger partial charge < -0.3 is 19.9 Å². The quantitative estimate of drug-likeness (QED) is 0.724. The van der Waals surface area contributed by atoms with Gasteiger partial charge in [-0.1, -0.05) is 12.1 Å². The molecule has 9 nitrogen and oxygen atoms in total. The number of carbonyl (C=O) groups excluding carboxylic acids is 2. The number of hydrogen-bond donors (Lipinski definition) is 1. The van der Waals surface area contributed by atoms with Crippen molar-refractivity contribution >= 4 is 23.4 Å². The maximum atomic E-state index is 13.0. The summed E-state index contributed by atoms with van der Waals surface area (Å²) in [5.74, 6) is 0.200. The summed E-state index contributed by atoms with van der Waals surface area (Å²) in [5, 5.41) is 6.83. The Bertz CT molecular complexity index is 1070. The van der Waals surface area contributed by atoms with Crippen LogP contribution < -0.4 is 10.2 Å². The lowest BCUT2D eigenvalue weighted by atomic mass is 9.84. The molecule has 1 aromatic carbocycles.